The first-order chi connectivity index (χ1) is 9.99. The summed E-state index contributed by atoms with van der Waals surface area (Å²) in [6.07, 6.45) is 1.35. The number of carbonyl (C=O) groups is 2. The van der Waals surface area contributed by atoms with Gasteiger partial charge in [-0.2, -0.15) is 0 Å². The molecule has 3 rings (SSSR count). The first kappa shape index (κ1) is 13.9. The largest absolute Gasteiger partial charge is 0.331 e. The molecule has 0 bridgehead atoms. The van der Waals surface area contributed by atoms with Crippen LogP contribution < -0.4 is 4.90 Å². The highest BCUT2D eigenvalue weighted by atomic mass is 19.2. The molecule has 7 heteroatoms. The Kier molecular flexibility index (Phi) is 3.35. The van der Waals surface area contributed by atoms with Crippen LogP contribution in [0.2, 0.25) is 0 Å². The molecule has 2 saturated heterocycles. The first-order valence-electron chi connectivity index (χ1n) is 6.74. The fourth-order valence-electron chi connectivity index (χ4n) is 2.92. The zero-order chi connectivity index (χ0) is 15.1. The number of rotatable bonds is 1. The van der Waals surface area contributed by atoms with E-state index in [4.69, 9.17) is 0 Å². The van der Waals surface area contributed by atoms with Crippen molar-refractivity contribution in [2.24, 2.45) is 0 Å². The third-order valence-corrected chi connectivity index (χ3v) is 3.95. The van der Waals surface area contributed by atoms with Gasteiger partial charge in [-0.25, -0.2) is 13.2 Å². The van der Waals surface area contributed by atoms with Crippen molar-refractivity contribution in [1.82, 2.24) is 4.90 Å². The summed E-state index contributed by atoms with van der Waals surface area (Å²) in [6.45, 7) is 0.560. The molecule has 2 aliphatic heterocycles. The fraction of sp³-hybridized carbons (Fsp3) is 0.429. The predicted molar refractivity (Wildman–Crippen MR) is 68.0 cm³/mol. The maximum absolute atomic E-state index is 13.3. The molecule has 1 unspecified atom stereocenters. The Bertz CT molecular complexity index is 597. The van der Waals surface area contributed by atoms with Crippen molar-refractivity contribution >= 4 is 17.5 Å². The minimum absolute atomic E-state index is 0.0369. The minimum atomic E-state index is -1.57. The van der Waals surface area contributed by atoms with Crippen LogP contribution in [0.5, 0.6) is 0 Å². The molecule has 112 valence electrons. The van der Waals surface area contributed by atoms with Crippen LogP contribution >= 0.6 is 0 Å². The van der Waals surface area contributed by atoms with Gasteiger partial charge in [0.25, 0.3) is 0 Å². The van der Waals surface area contributed by atoms with E-state index < -0.39 is 23.5 Å². The lowest BCUT2D eigenvalue weighted by Gasteiger charge is -2.25. The van der Waals surface area contributed by atoms with E-state index in [0.717, 1.165) is 18.6 Å². The monoisotopic (exact) mass is 298 g/mol. The van der Waals surface area contributed by atoms with Gasteiger partial charge in [0.1, 0.15) is 6.04 Å². The second kappa shape index (κ2) is 5.05. The van der Waals surface area contributed by atoms with Crippen LogP contribution in [-0.4, -0.2) is 35.8 Å². The molecule has 0 saturated carbocycles. The van der Waals surface area contributed by atoms with Gasteiger partial charge in [-0.3, -0.25) is 9.59 Å². The van der Waals surface area contributed by atoms with Gasteiger partial charge in [-0.1, -0.05) is 0 Å². The fourth-order valence-corrected chi connectivity index (χ4v) is 2.92. The molecule has 0 N–H and O–H groups in total. The summed E-state index contributed by atoms with van der Waals surface area (Å²) < 4.78 is 39.7. The molecule has 2 amide bonds. The van der Waals surface area contributed by atoms with Crippen molar-refractivity contribution in [3.63, 3.8) is 0 Å². The van der Waals surface area contributed by atoms with Gasteiger partial charge in [0.15, 0.2) is 17.5 Å². The number of benzene rings is 1. The Morgan fingerprint density at radius 2 is 1.71 bits per heavy atom. The molecule has 2 aliphatic rings. The van der Waals surface area contributed by atoms with E-state index >= 15 is 0 Å². The van der Waals surface area contributed by atoms with E-state index in [1.54, 1.807) is 0 Å². The Labute approximate surface area is 119 Å². The maximum Gasteiger partial charge on any atom is 0.249 e. The Morgan fingerprint density at radius 3 is 2.38 bits per heavy atom. The van der Waals surface area contributed by atoms with Gasteiger partial charge in [-0.15, -0.1) is 0 Å². The number of fused-ring (bicyclic) bond motifs is 1. The summed E-state index contributed by atoms with van der Waals surface area (Å²) in [5.74, 6) is -4.78. The van der Waals surface area contributed by atoms with E-state index in [0.29, 0.717) is 13.0 Å². The molecule has 2 fully saturated rings. The molecule has 0 aliphatic carbocycles. The van der Waals surface area contributed by atoms with Gasteiger partial charge < -0.3 is 9.80 Å². The molecule has 4 nitrogen and oxygen atoms in total. The molecule has 1 aromatic rings. The number of amides is 2. The Morgan fingerprint density at radius 1 is 1.05 bits per heavy atom. The maximum atomic E-state index is 13.3. The third-order valence-electron chi connectivity index (χ3n) is 3.95. The molecule has 0 aromatic heterocycles. The van der Waals surface area contributed by atoms with E-state index in [-0.39, 0.29) is 30.5 Å². The highest BCUT2D eigenvalue weighted by Gasteiger charge is 2.39. The van der Waals surface area contributed by atoms with E-state index in [2.05, 4.69) is 0 Å². The third kappa shape index (κ3) is 2.26. The number of hydrogen-bond donors (Lipinski definition) is 0. The smallest absolute Gasteiger partial charge is 0.249 e. The second-order valence-corrected chi connectivity index (χ2v) is 5.21. The minimum Gasteiger partial charge on any atom is -0.331 e. The number of carbonyl (C=O) groups excluding carboxylic acids is 2. The molecular weight excluding hydrogens is 285 g/mol. The summed E-state index contributed by atoms with van der Waals surface area (Å²) >= 11 is 0. The van der Waals surface area contributed by atoms with Crippen LogP contribution in [0, 0.1) is 17.5 Å². The van der Waals surface area contributed by atoms with Crippen LogP contribution in [0.1, 0.15) is 19.3 Å². The summed E-state index contributed by atoms with van der Waals surface area (Å²) in [5, 5.41) is 0. The molecule has 1 aromatic carbocycles. The quantitative estimate of drug-likeness (QED) is 0.742. The number of nitrogens with zero attached hydrogens (tertiary/aromatic N) is 2. The van der Waals surface area contributed by atoms with Crippen molar-refractivity contribution in [2.75, 3.05) is 18.0 Å². The van der Waals surface area contributed by atoms with Crippen LogP contribution in [-0.2, 0) is 9.59 Å². The summed E-state index contributed by atoms with van der Waals surface area (Å²) in [5.41, 5.74) is -0.0575. The van der Waals surface area contributed by atoms with Crippen LogP contribution in [0.4, 0.5) is 18.9 Å². The van der Waals surface area contributed by atoms with Gasteiger partial charge in [0, 0.05) is 37.3 Å². The number of hydrogen-bond acceptors (Lipinski definition) is 2. The van der Waals surface area contributed by atoms with Crippen LogP contribution in [0.25, 0.3) is 0 Å². The van der Waals surface area contributed by atoms with E-state index in [9.17, 15) is 22.8 Å². The summed E-state index contributed by atoms with van der Waals surface area (Å²) in [4.78, 5) is 27.1. The molecule has 21 heavy (non-hydrogen) atoms. The van der Waals surface area contributed by atoms with Crippen molar-refractivity contribution < 1.29 is 22.8 Å². The standard InChI is InChI=1S/C14H13F3N2O2/c15-9-6-8(7-10(16)13(9)17)18-5-3-12(20)19-4-1-2-11(19)14(18)21/h6-7,11H,1-5H2. The van der Waals surface area contributed by atoms with Crippen LogP contribution in [0.15, 0.2) is 12.1 Å². The topological polar surface area (TPSA) is 40.6 Å². The van der Waals surface area contributed by atoms with Crippen molar-refractivity contribution in [3.8, 4) is 0 Å². The molecule has 0 radical (unpaired) electrons. The highest BCUT2D eigenvalue weighted by Crippen LogP contribution is 2.28. The summed E-state index contributed by atoms with van der Waals surface area (Å²) in [6, 6.07) is 0.979. The SMILES string of the molecule is O=C1C2CCCN2C(=O)CCN1c1cc(F)c(F)c(F)c1. The Hall–Kier alpha value is -2.05. The number of anilines is 1. The molecule has 0 spiro atoms. The van der Waals surface area contributed by atoms with Crippen molar-refractivity contribution in [3.05, 3.63) is 29.6 Å². The lowest BCUT2D eigenvalue weighted by Crippen LogP contribution is -2.43. The lowest BCUT2D eigenvalue weighted by molar-refractivity contribution is -0.135. The lowest BCUT2D eigenvalue weighted by atomic mass is 10.1. The van der Waals surface area contributed by atoms with Gasteiger partial charge in [0.2, 0.25) is 11.8 Å². The number of halogens is 3. The zero-order valence-electron chi connectivity index (χ0n) is 11.1. The first-order valence-corrected chi connectivity index (χ1v) is 6.74. The van der Waals surface area contributed by atoms with E-state index in [1.165, 1.54) is 9.80 Å². The van der Waals surface area contributed by atoms with Crippen molar-refractivity contribution in [2.45, 2.75) is 25.3 Å². The average molecular weight is 298 g/mol. The zero-order valence-corrected chi connectivity index (χ0v) is 11.1. The van der Waals surface area contributed by atoms with Crippen molar-refractivity contribution in [1.29, 1.82) is 0 Å². The average Bonchev–Trinajstić information content (AvgIpc) is 2.89. The molecule has 2 heterocycles. The molecular formula is C14H13F3N2O2. The predicted octanol–water partition coefficient (Wildman–Crippen LogP) is 1.83. The van der Waals surface area contributed by atoms with Gasteiger partial charge in [-0.05, 0) is 12.8 Å². The molecule has 1 atom stereocenters. The van der Waals surface area contributed by atoms with Crippen LogP contribution in [0.3, 0.4) is 0 Å². The second-order valence-electron chi connectivity index (χ2n) is 5.21. The van der Waals surface area contributed by atoms with Gasteiger partial charge >= 0.3 is 0 Å². The normalized spacial score (nSPS) is 22.5. The summed E-state index contributed by atoms with van der Waals surface area (Å²) in [7, 11) is 0. The van der Waals surface area contributed by atoms with Gasteiger partial charge in [0.05, 0.1) is 0 Å². The Balaban J connectivity index is 1.98. The highest BCUT2D eigenvalue weighted by molar-refractivity contribution is 6.01. The van der Waals surface area contributed by atoms with E-state index in [1.807, 2.05) is 0 Å².